The van der Waals surface area contributed by atoms with Crippen LogP contribution in [0.15, 0.2) is 24.3 Å². The lowest BCUT2D eigenvalue weighted by Gasteiger charge is -2.12. The Morgan fingerprint density at radius 3 is 2.88 bits per heavy atom. The predicted octanol–water partition coefficient (Wildman–Crippen LogP) is 1.29. The zero-order valence-electron chi connectivity index (χ0n) is 9.36. The second-order valence-corrected chi connectivity index (χ2v) is 3.71. The maximum Gasteiger partial charge on any atom is 0.249 e. The number of amides is 1. The molecular weight excluding hydrogens is 200 g/mol. The number of carbonyl (C=O) groups is 1. The Morgan fingerprint density at radius 1 is 1.56 bits per heavy atom. The zero-order valence-corrected chi connectivity index (χ0v) is 9.36. The molecule has 3 N–H and O–H groups in total. The molecule has 0 spiro atoms. The first kappa shape index (κ1) is 12.3. The third-order valence-electron chi connectivity index (χ3n) is 2.35. The normalized spacial score (nSPS) is 11.8. The molecule has 1 rings (SSSR count). The van der Waals surface area contributed by atoms with Gasteiger partial charge in [0.15, 0.2) is 0 Å². The molecule has 0 aliphatic rings. The Balaban J connectivity index is 2.67. The van der Waals surface area contributed by atoms with E-state index in [4.69, 9.17) is 12.2 Å². The summed E-state index contributed by atoms with van der Waals surface area (Å²) in [7, 11) is 0. The van der Waals surface area contributed by atoms with Crippen molar-refractivity contribution < 1.29 is 4.79 Å². The Labute approximate surface area is 96.0 Å². The number of nitrogens with one attached hydrogen (secondary N) is 1. The fraction of sp³-hybridized carbons (Fsp3) is 0.308. The highest BCUT2D eigenvalue weighted by Gasteiger charge is 2.07. The van der Waals surface area contributed by atoms with E-state index >= 15 is 0 Å². The molecule has 0 aliphatic heterocycles. The molecule has 0 saturated heterocycles. The number of terminal acetylenes is 1. The van der Waals surface area contributed by atoms with Crippen molar-refractivity contribution in [1.82, 2.24) is 5.32 Å². The lowest BCUT2D eigenvalue weighted by Crippen LogP contribution is -2.26. The molecule has 16 heavy (non-hydrogen) atoms. The Morgan fingerprint density at radius 2 is 2.25 bits per heavy atom. The lowest BCUT2D eigenvalue weighted by molar-refractivity contribution is 0.0999. The van der Waals surface area contributed by atoms with Crippen molar-refractivity contribution in [2.24, 2.45) is 5.73 Å². The highest BCUT2D eigenvalue weighted by Crippen LogP contribution is 2.08. The first-order chi connectivity index (χ1) is 7.65. The van der Waals surface area contributed by atoms with Gasteiger partial charge in [-0.25, -0.2) is 0 Å². The van der Waals surface area contributed by atoms with Gasteiger partial charge in [-0.1, -0.05) is 18.2 Å². The molecule has 3 heteroatoms. The molecule has 0 bridgehead atoms. The molecule has 3 nitrogen and oxygen atoms in total. The predicted molar refractivity (Wildman–Crippen MR) is 64.7 cm³/mol. The monoisotopic (exact) mass is 216 g/mol. The van der Waals surface area contributed by atoms with E-state index in [1.54, 1.807) is 12.1 Å². The summed E-state index contributed by atoms with van der Waals surface area (Å²) in [5, 5.41) is 3.24. The van der Waals surface area contributed by atoms with E-state index in [0.717, 1.165) is 5.56 Å². The average Bonchev–Trinajstić information content (AvgIpc) is 2.27. The smallest absolute Gasteiger partial charge is 0.249 e. The quantitative estimate of drug-likeness (QED) is 0.729. The summed E-state index contributed by atoms with van der Waals surface area (Å²) >= 11 is 0. The summed E-state index contributed by atoms with van der Waals surface area (Å²) in [6.07, 6.45) is 5.88. The van der Waals surface area contributed by atoms with E-state index in [9.17, 15) is 4.79 Å². The molecule has 0 radical (unpaired) electrons. The fourth-order valence-corrected chi connectivity index (χ4v) is 1.45. The summed E-state index contributed by atoms with van der Waals surface area (Å²) in [5.41, 5.74) is 6.74. The summed E-state index contributed by atoms with van der Waals surface area (Å²) in [4.78, 5) is 11.2. The van der Waals surface area contributed by atoms with Gasteiger partial charge >= 0.3 is 0 Å². The number of rotatable bonds is 5. The Hall–Kier alpha value is -1.79. The molecule has 1 unspecified atom stereocenters. The Bertz CT molecular complexity index is 407. The summed E-state index contributed by atoms with van der Waals surface area (Å²) in [5.74, 6) is 2.19. The van der Waals surface area contributed by atoms with Gasteiger partial charge in [-0.2, -0.15) is 0 Å². The van der Waals surface area contributed by atoms with Crippen molar-refractivity contribution in [3.05, 3.63) is 35.4 Å². The van der Waals surface area contributed by atoms with Crippen molar-refractivity contribution in [3.63, 3.8) is 0 Å². The highest BCUT2D eigenvalue weighted by atomic mass is 16.1. The number of primary amides is 1. The standard InChI is InChI=1S/C13H16N2O/c1-3-6-10(2)15-9-11-7-4-5-8-12(11)13(14)16/h1,4-5,7-8,10,15H,6,9H2,2H3,(H2,14,16). The molecular formula is C13H16N2O. The topological polar surface area (TPSA) is 55.1 Å². The van der Waals surface area contributed by atoms with E-state index in [1.165, 1.54) is 0 Å². The average molecular weight is 216 g/mol. The summed E-state index contributed by atoms with van der Waals surface area (Å²) < 4.78 is 0. The fourth-order valence-electron chi connectivity index (χ4n) is 1.45. The van der Waals surface area contributed by atoms with Crippen LogP contribution in [0.3, 0.4) is 0 Å². The number of nitrogens with two attached hydrogens (primary N) is 1. The van der Waals surface area contributed by atoms with Gasteiger partial charge in [-0.3, -0.25) is 4.79 Å². The van der Waals surface area contributed by atoms with Crippen LogP contribution < -0.4 is 11.1 Å². The third-order valence-corrected chi connectivity index (χ3v) is 2.35. The maximum atomic E-state index is 11.2. The van der Waals surface area contributed by atoms with E-state index in [2.05, 4.69) is 11.2 Å². The second kappa shape index (κ2) is 5.94. The van der Waals surface area contributed by atoms with Gasteiger partial charge in [-0.05, 0) is 18.6 Å². The van der Waals surface area contributed by atoms with Gasteiger partial charge in [0.2, 0.25) is 5.91 Å². The van der Waals surface area contributed by atoms with Gasteiger partial charge in [0.25, 0.3) is 0 Å². The van der Waals surface area contributed by atoms with Crippen molar-refractivity contribution in [2.45, 2.75) is 25.9 Å². The molecule has 1 amide bonds. The highest BCUT2D eigenvalue weighted by molar-refractivity contribution is 5.94. The zero-order chi connectivity index (χ0) is 12.0. The molecule has 0 aromatic heterocycles. The van der Waals surface area contributed by atoms with Gasteiger partial charge in [0.1, 0.15) is 0 Å². The van der Waals surface area contributed by atoms with Crippen molar-refractivity contribution in [1.29, 1.82) is 0 Å². The van der Waals surface area contributed by atoms with Crippen molar-refractivity contribution in [3.8, 4) is 12.3 Å². The van der Waals surface area contributed by atoms with Crippen LogP contribution >= 0.6 is 0 Å². The second-order valence-electron chi connectivity index (χ2n) is 3.71. The number of hydrogen-bond acceptors (Lipinski definition) is 2. The molecule has 1 aromatic carbocycles. The molecule has 84 valence electrons. The third kappa shape index (κ3) is 3.41. The van der Waals surface area contributed by atoms with Crippen LogP contribution in [-0.2, 0) is 6.54 Å². The van der Waals surface area contributed by atoms with Crippen LogP contribution in [0.2, 0.25) is 0 Å². The molecule has 0 aliphatic carbocycles. The minimum atomic E-state index is -0.401. The molecule has 0 fully saturated rings. The minimum absolute atomic E-state index is 0.228. The van der Waals surface area contributed by atoms with E-state index in [0.29, 0.717) is 18.5 Å². The minimum Gasteiger partial charge on any atom is -0.366 e. The van der Waals surface area contributed by atoms with Crippen LogP contribution in [0.5, 0.6) is 0 Å². The molecule has 1 aromatic rings. The molecule has 1 atom stereocenters. The van der Waals surface area contributed by atoms with Gasteiger partial charge in [0, 0.05) is 24.6 Å². The van der Waals surface area contributed by atoms with E-state index in [-0.39, 0.29) is 6.04 Å². The first-order valence-corrected chi connectivity index (χ1v) is 5.19. The number of carbonyl (C=O) groups excluding carboxylic acids is 1. The van der Waals surface area contributed by atoms with Crippen LogP contribution in [0.4, 0.5) is 0 Å². The van der Waals surface area contributed by atoms with Crippen LogP contribution in [0.25, 0.3) is 0 Å². The van der Waals surface area contributed by atoms with Crippen LogP contribution in [0, 0.1) is 12.3 Å². The maximum absolute atomic E-state index is 11.2. The van der Waals surface area contributed by atoms with Crippen molar-refractivity contribution >= 4 is 5.91 Å². The van der Waals surface area contributed by atoms with Crippen molar-refractivity contribution in [2.75, 3.05) is 0 Å². The van der Waals surface area contributed by atoms with Crippen LogP contribution in [0.1, 0.15) is 29.3 Å². The summed E-state index contributed by atoms with van der Waals surface area (Å²) in [6, 6.07) is 7.52. The van der Waals surface area contributed by atoms with Gasteiger partial charge in [0.05, 0.1) is 0 Å². The summed E-state index contributed by atoms with van der Waals surface area (Å²) in [6.45, 7) is 2.61. The van der Waals surface area contributed by atoms with Crippen LogP contribution in [-0.4, -0.2) is 11.9 Å². The first-order valence-electron chi connectivity index (χ1n) is 5.19. The van der Waals surface area contributed by atoms with E-state index < -0.39 is 5.91 Å². The van der Waals surface area contributed by atoms with Gasteiger partial charge in [-0.15, -0.1) is 12.3 Å². The lowest BCUT2D eigenvalue weighted by atomic mass is 10.1. The SMILES string of the molecule is C#CCC(C)NCc1ccccc1C(N)=O. The molecule has 0 saturated carbocycles. The largest absolute Gasteiger partial charge is 0.366 e. The van der Waals surface area contributed by atoms with E-state index in [1.807, 2.05) is 19.1 Å². The Kier molecular flexibility index (Phi) is 4.56. The van der Waals surface area contributed by atoms with Gasteiger partial charge < -0.3 is 11.1 Å². The molecule has 0 heterocycles. The number of benzene rings is 1. The number of hydrogen-bond donors (Lipinski definition) is 2.